The van der Waals surface area contributed by atoms with Crippen molar-refractivity contribution in [2.45, 2.75) is 50.5 Å². The number of aryl methyl sites for hydroxylation is 2. The summed E-state index contributed by atoms with van der Waals surface area (Å²) in [5.74, 6) is -0.244. The number of nitrogens with one attached hydrogen (secondary N) is 1. The Hall–Kier alpha value is -1.07. The Morgan fingerprint density at radius 1 is 1.25 bits per heavy atom. The minimum Gasteiger partial charge on any atom is -0.347 e. The summed E-state index contributed by atoms with van der Waals surface area (Å²) in [5, 5.41) is 2.97. The highest BCUT2D eigenvalue weighted by Crippen LogP contribution is 2.32. The number of halogens is 1. The van der Waals surface area contributed by atoms with E-state index in [-0.39, 0.29) is 16.3 Å². The molecule has 1 aromatic rings. The van der Waals surface area contributed by atoms with Gasteiger partial charge in [-0.1, -0.05) is 6.07 Å². The van der Waals surface area contributed by atoms with E-state index < -0.39 is 9.05 Å². The van der Waals surface area contributed by atoms with Gasteiger partial charge in [0.25, 0.3) is 15.0 Å². The number of hydrogen-bond donors (Lipinski definition) is 1. The van der Waals surface area contributed by atoms with E-state index in [0.29, 0.717) is 11.1 Å². The van der Waals surface area contributed by atoms with Gasteiger partial charge in [0, 0.05) is 21.8 Å². The Balaban J connectivity index is 2.38. The van der Waals surface area contributed by atoms with Crippen LogP contribution in [0.2, 0.25) is 0 Å². The monoisotopic (exact) mass is 315 g/mol. The van der Waals surface area contributed by atoms with Crippen LogP contribution in [0, 0.1) is 13.8 Å². The van der Waals surface area contributed by atoms with Crippen LogP contribution >= 0.6 is 10.7 Å². The molecule has 1 fully saturated rings. The van der Waals surface area contributed by atoms with E-state index in [1.807, 2.05) is 6.92 Å². The molecule has 1 aromatic carbocycles. The lowest BCUT2D eigenvalue weighted by atomic mass is 9.78. The fourth-order valence-corrected chi connectivity index (χ4v) is 3.71. The summed E-state index contributed by atoms with van der Waals surface area (Å²) in [5.41, 5.74) is 1.48. The van der Waals surface area contributed by atoms with Gasteiger partial charge in [-0.15, -0.1) is 0 Å². The van der Waals surface area contributed by atoms with Crippen LogP contribution in [0.3, 0.4) is 0 Å². The van der Waals surface area contributed by atoms with Crippen LogP contribution in [0.5, 0.6) is 0 Å². The van der Waals surface area contributed by atoms with E-state index in [0.717, 1.165) is 24.8 Å². The topological polar surface area (TPSA) is 63.2 Å². The van der Waals surface area contributed by atoms with Gasteiger partial charge >= 0.3 is 0 Å². The number of rotatable bonds is 3. The summed E-state index contributed by atoms with van der Waals surface area (Å²) in [6, 6.07) is 3.04. The van der Waals surface area contributed by atoms with Crippen molar-refractivity contribution in [3.63, 3.8) is 0 Å². The minimum atomic E-state index is -3.85. The third kappa shape index (κ3) is 2.99. The van der Waals surface area contributed by atoms with Crippen molar-refractivity contribution in [1.29, 1.82) is 0 Å². The highest BCUT2D eigenvalue weighted by molar-refractivity contribution is 8.13. The molecule has 2 rings (SSSR count). The molecule has 0 unspecified atom stereocenters. The van der Waals surface area contributed by atoms with Crippen molar-refractivity contribution in [1.82, 2.24) is 5.32 Å². The molecule has 0 heterocycles. The molecular formula is C14H18ClNO3S. The maximum Gasteiger partial charge on any atom is 0.261 e. The molecule has 1 amide bonds. The standard InChI is InChI=1S/C14H18ClNO3S/c1-9-7-10(2)12(20(15,18)19)8-11(9)13(17)16-14(3)5-4-6-14/h7-8H,4-6H2,1-3H3,(H,16,17). The highest BCUT2D eigenvalue weighted by Gasteiger charge is 2.34. The third-order valence-corrected chi connectivity index (χ3v) is 5.37. The quantitative estimate of drug-likeness (QED) is 0.872. The zero-order valence-electron chi connectivity index (χ0n) is 11.8. The van der Waals surface area contributed by atoms with Crippen molar-refractivity contribution in [2.24, 2.45) is 0 Å². The number of benzene rings is 1. The number of carbonyl (C=O) groups is 1. The second-order valence-electron chi connectivity index (χ2n) is 5.74. The molecule has 1 N–H and O–H groups in total. The predicted octanol–water partition coefficient (Wildman–Crippen LogP) is 2.90. The molecular weight excluding hydrogens is 298 g/mol. The van der Waals surface area contributed by atoms with Crippen molar-refractivity contribution >= 4 is 25.6 Å². The van der Waals surface area contributed by atoms with Gasteiger partial charge in [0.15, 0.2) is 0 Å². The first-order valence-corrected chi connectivity index (χ1v) is 8.82. The molecule has 0 saturated heterocycles. The molecule has 6 heteroatoms. The fourth-order valence-electron chi connectivity index (χ4n) is 2.51. The lowest BCUT2D eigenvalue weighted by molar-refractivity contribution is 0.0849. The maximum absolute atomic E-state index is 12.3. The van der Waals surface area contributed by atoms with E-state index in [2.05, 4.69) is 5.32 Å². The van der Waals surface area contributed by atoms with Gasteiger partial charge in [-0.2, -0.15) is 0 Å². The molecule has 1 aliphatic carbocycles. The van der Waals surface area contributed by atoms with Crippen molar-refractivity contribution < 1.29 is 13.2 Å². The predicted molar refractivity (Wildman–Crippen MR) is 78.7 cm³/mol. The number of carbonyl (C=O) groups excluding carboxylic acids is 1. The fraction of sp³-hybridized carbons (Fsp3) is 0.500. The van der Waals surface area contributed by atoms with E-state index in [1.165, 1.54) is 6.07 Å². The average Bonchev–Trinajstić information content (AvgIpc) is 2.24. The second-order valence-corrected chi connectivity index (χ2v) is 8.27. The van der Waals surface area contributed by atoms with Crippen LogP contribution in [-0.2, 0) is 9.05 Å². The zero-order valence-corrected chi connectivity index (χ0v) is 13.4. The molecule has 1 aliphatic rings. The van der Waals surface area contributed by atoms with Crippen LogP contribution in [0.25, 0.3) is 0 Å². The molecule has 0 radical (unpaired) electrons. The van der Waals surface area contributed by atoms with E-state index in [1.54, 1.807) is 19.9 Å². The smallest absolute Gasteiger partial charge is 0.261 e. The molecule has 0 aromatic heterocycles. The summed E-state index contributed by atoms with van der Waals surface area (Å²) in [7, 11) is 1.56. The van der Waals surface area contributed by atoms with Crippen molar-refractivity contribution in [3.8, 4) is 0 Å². The minimum absolute atomic E-state index is 0.00585. The van der Waals surface area contributed by atoms with Crippen LogP contribution in [0.15, 0.2) is 17.0 Å². The first-order chi connectivity index (χ1) is 9.12. The summed E-state index contributed by atoms with van der Waals surface area (Å²) < 4.78 is 23.1. The van der Waals surface area contributed by atoms with E-state index >= 15 is 0 Å². The molecule has 1 saturated carbocycles. The van der Waals surface area contributed by atoms with Gasteiger partial charge in [-0.05, 0) is 57.2 Å². The first kappa shape index (κ1) is 15.3. The second kappa shape index (κ2) is 5.04. The summed E-state index contributed by atoms with van der Waals surface area (Å²) in [4.78, 5) is 12.3. The van der Waals surface area contributed by atoms with Gasteiger partial charge in [0.05, 0.1) is 4.90 Å². The first-order valence-electron chi connectivity index (χ1n) is 6.51. The van der Waals surface area contributed by atoms with Gasteiger partial charge in [0.2, 0.25) is 0 Å². The van der Waals surface area contributed by atoms with Crippen LogP contribution in [-0.4, -0.2) is 19.9 Å². The van der Waals surface area contributed by atoms with Gasteiger partial charge in [-0.3, -0.25) is 4.79 Å². The summed E-state index contributed by atoms with van der Waals surface area (Å²) >= 11 is 0. The van der Waals surface area contributed by atoms with Gasteiger partial charge < -0.3 is 5.32 Å². The molecule has 0 atom stereocenters. The highest BCUT2D eigenvalue weighted by atomic mass is 35.7. The third-order valence-electron chi connectivity index (χ3n) is 3.90. The number of hydrogen-bond acceptors (Lipinski definition) is 3. The van der Waals surface area contributed by atoms with Crippen molar-refractivity contribution in [3.05, 3.63) is 28.8 Å². The average molecular weight is 316 g/mol. The molecule has 110 valence electrons. The Labute approximate surface area is 123 Å². The van der Waals surface area contributed by atoms with Crippen molar-refractivity contribution in [2.75, 3.05) is 0 Å². The number of amides is 1. The largest absolute Gasteiger partial charge is 0.347 e. The Morgan fingerprint density at radius 2 is 1.85 bits per heavy atom. The Kier molecular flexibility index (Phi) is 3.86. The van der Waals surface area contributed by atoms with E-state index in [9.17, 15) is 13.2 Å². The Bertz CT molecular complexity index is 663. The maximum atomic E-state index is 12.3. The zero-order chi connectivity index (χ0) is 15.1. The molecule has 0 spiro atoms. The normalized spacial score (nSPS) is 17.4. The molecule has 0 bridgehead atoms. The van der Waals surface area contributed by atoms with Crippen LogP contribution < -0.4 is 5.32 Å². The Morgan fingerprint density at radius 3 is 2.30 bits per heavy atom. The molecule has 20 heavy (non-hydrogen) atoms. The summed E-state index contributed by atoms with van der Waals surface area (Å²) in [6.07, 6.45) is 3.00. The SMILES string of the molecule is Cc1cc(C)c(S(=O)(=O)Cl)cc1C(=O)NC1(C)CCC1. The van der Waals surface area contributed by atoms with Gasteiger partial charge in [0.1, 0.15) is 0 Å². The lowest BCUT2D eigenvalue weighted by Crippen LogP contribution is -2.51. The van der Waals surface area contributed by atoms with Crippen LogP contribution in [0.4, 0.5) is 0 Å². The van der Waals surface area contributed by atoms with E-state index in [4.69, 9.17) is 10.7 Å². The lowest BCUT2D eigenvalue weighted by Gasteiger charge is -2.39. The molecule has 4 nitrogen and oxygen atoms in total. The van der Waals surface area contributed by atoms with Crippen LogP contribution in [0.1, 0.15) is 47.7 Å². The summed E-state index contributed by atoms with van der Waals surface area (Å²) in [6.45, 7) is 5.45. The van der Waals surface area contributed by atoms with Gasteiger partial charge in [-0.25, -0.2) is 8.42 Å². The molecule has 0 aliphatic heterocycles.